The van der Waals surface area contributed by atoms with E-state index in [0.29, 0.717) is 11.7 Å². The standard InChI is InChI=1S/C13H26N2O/c1-14(2)9-6-10-15(3)11-12-7-4-5-8-13(12)16/h12H,4-11H2,1-3H3. The monoisotopic (exact) mass is 226 g/mol. The summed E-state index contributed by atoms with van der Waals surface area (Å²) in [5.41, 5.74) is 0. The first-order valence-corrected chi connectivity index (χ1v) is 6.45. The van der Waals surface area contributed by atoms with E-state index in [0.717, 1.165) is 38.9 Å². The Morgan fingerprint density at radius 3 is 2.56 bits per heavy atom. The summed E-state index contributed by atoms with van der Waals surface area (Å²) in [6.45, 7) is 3.19. The predicted molar refractivity (Wildman–Crippen MR) is 67.6 cm³/mol. The lowest BCUT2D eigenvalue weighted by Crippen LogP contribution is -2.33. The molecule has 0 heterocycles. The fourth-order valence-corrected chi connectivity index (χ4v) is 2.37. The first-order valence-electron chi connectivity index (χ1n) is 6.45. The van der Waals surface area contributed by atoms with Crippen LogP contribution >= 0.6 is 0 Å². The van der Waals surface area contributed by atoms with Crippen molar-refractivity contribution in [2.75, 3.05) is 40.8 Å². The molecule has 0 spiro atoms. The van der Waals surface area contributed by atoms with Crippen molar-refractivity contribution in [1.82, 2.24) is 9.80 Å². The summed E-state index contributed by atoms with van der Waals surface area (Å²) in [6, 6.07) is 0. The van der Waals surface area contributed by atoms with Crippen LogP contribution in [0.1, 0.15) is 32.1 Å². The maximum absolute atomic E-state index is 11.7. The average Bonchev–Trinajstić information content (AvgIpc) is 2.21. The minimum absolute atomic E-state index is 0.318. The third-order valence-electron chi connectivity index (χ3n) is 3.36. The van der Waals surface area contributed by atoms with Gasteiger partial charge in [-0.1, -0.05) is 6.42 Å². The van der Waals surface area contributed by atoms with E-state index in [9.17, 15) is 4.79 Å². The Balaban J connectivity index is 2.17. The number of carbonyl (C=O) groups is 1. The maximum Gasteiger partial charge on any atom is 0.137 e. The van der Waals surface area contributed by atoms with Gasteiger partial charge in [-0.2, -0.15) is 0 Å². The molecule has 0 aromatic heterocycles. The van der Waals surface area contributed by atoms with Crippen LogP contribution in [0.25, 0.3) is 0 Å². The lowest BCUT2D eigenvalue weighted by Gasteiger charge is -2.26. The summed E-state index contributed by atoms with van der Waals surface area (Å²) < 4.78 is 0. The van der Waals surface area contributed by atoms with Gasteiger partial charge in [0.05, 0.1) is 0 Å². The molecule has 16 heavy (non-hydrogen) atoms. The number of hydrogen-bond donors (Lipinski definition) is 0. The van der Waals surface area contributed by atoms with E-state index in [2.05, 4.69) is 30.9 Å². The quantitative estimate of drug-likeness (QED) is 0.688. The molecule has 0 saturated heterocycles. The van der Waals surface area contributed by atoms with Crippen LogP contribution in [-0.4, -0.2) is 56.4 Å². The van der Waals surface area contributed by atoms with Crippen LogP contribution in [0, 0.1) is 5.92 Å². The van der Waals surface area contributed by atoms with Gasteiger partial charge in [0.15, 0.2) is 0 Å². The molecule has 0 N–H and O–H groups in total. The molecule has 0 aromatic carbocycles. The summed E-state index contributed by atoms with van der Waals surface area (Å²) in [4.78, 5) is 16.2. The number of nitrogens with zero attached hydrogens (tertiary/aromatic N) is 2. The highest BCUT2D eigenvalue weighted by molar-refractivity contribution is 5.81. The normalized spacial score (nSPS) is 22.1. The van der Waals surface area contributed by atoms with Gasteiger partial charge in [-0.25, -0.2) is 0 Å². The van der Waals surface area contributed by atoms with E-state index in [1.165, 1.54) is 12.8 Å². The molecule has 3 heteroatoms. The fraction of sp³-hybridized carbons (Fsp3) is 0.923. The molecule has 0 bridgehead atoms. The number of carbonyl (C=O) groups excluding carboxylic acids is 1. The van der Waals surface area contributed by atoms with Crippen LogP contribution in [0.5, 0.6) is 0 Å². The third kappa shape index (κ3) is 5.08. The van der Waals surface area contributed by atoms with Crippen molar-refractivity contribution in [3.8, 4) is 0 Å². The topological polar surface area (TPSA) is 23.6 Å². The fourth-order valence-electron chi connectivity index (χ4n) is 2.37. The Kier molecular flexibility index (Phi) is 5.99. The SMILES string of the molecule is CN(C)CCCN(C)CC1CCCCC1=O. The molecular formula is C13H26N2O. The van der Waals surface area contributed by atoms with Crippen molar-refractivity contribution in [1.29, 1.82) is 0 Å². The molecule has 1 rings (SSSR count). The molecule has 1 atom stereocenters. The zero-order chi connectivity index (χ0) is 12.0. The molecule has 0 radical (unpaired) electrons. The zero-order valence-electron chi connectivity index (χ0n) is 11.0. The van der Waals surface area contributed by atoms with Gasteiger partial charge in [0.25, 0.3) is 0 Å². The van der Waals surface area contributed by atoms with E-state index >= 15 is 0 Å². The number of hydrogen-bond acceptors (Lipinski definition) is 3. The van der Waals surface area contributed by atoms with Gasteiger partial charge in [-0.3, -0.25) is 4.79 Å². The van der Waals surface area contributed by atoms with Gasteiger partial charge < -0.3 is 9.80 Å². The summed E-state index contributed by atoms with van der Waals surface area (Å²) in [7, 11) is 6.34. The van der Waals surface area contributed by atoms with Gasteiger partial charge in [-0.05, 0) is 53.5 Å². The Morgan fingerprint density at radius 2 is 1.94 bits per heavy atom. The second-order valence-electron chi connectivity index (χ2n) is 5.33. The van der Waals surface area contributed by atoms with E-state index in [1.54, 1.807) is 0 Å². The van der Waals surface area contributed by atoms with E-state index in [1.807, 2.05) is 0 Å². The number of rotatable bonds is 6. The Morgan fingerprint density at radius 1 is 1.19 bits per heavy atom. The molecule has 0 aliphatic heterocycles. The average molecular weight is 226 g/mol. The lowest BCUT2D eigenvalue weighted by atomic mass is 9.87. The Bertz CT molecular complexity index is 216. The smallest absolute Gasteiger partial charge is 0.137 e. The van der Waals surface area contributed by atoms with Gasteiger partial charge in [0, 0.05) is 18.9 Å². The summed E-state index contributed by atoms with van der Waals surface area (Å²) >= 11 is 0. The molecule has 94 valence electrons. The molecule has 1 saturated carbocycles. The predicted octanol–water partition coefficient (Wildman–Crippen LogP) is 1.63. The zero-order valence-corrected chi connectivity index (χ0v) is 11.0. The highest BCUT2D eigenvalue weighted by Gasteiger charge is 2.22. The number of ketones is 1. The molecule has 1 unspecified atom stereocenters. The third-order valence-corrected chi connectivity index (χ3v) is 3.36. The largest absolute Gasteiger partial charge is 0.309 e. The van der Waals surface area contributed by atoms with Crippen LogP contribution in [0.3, 0.4) is 0 Å². The molecule has 1 aliphatic rings. The minimum Gasteiger partial charge on any atom is -0.309 e. The van der Waals surface area contributed by atoms with Crippen molar-refractivity contribution in [3.05, 3.63) is 0 Å². The van der Waals surface area contributed by atoms with Crippen molar-refractivity contribution in [3.63, 3.8) is 0 Å². The maximum atomic E-state index is 11.7. The molecule has 1 aliphatic carbocycles. The van der Waals surface area contributed by atoms with E-state index < -0.39 is 0 Å². The van der Waals surface area contributed by atoms with Crippen LogP contribution in [0.15, 0.2) is 0 Å². The van der Waals surface area contributed by atoms with Crippen molar-refractivity contribution < 1.29 is 4.79 Å². The lowest BCUT2D eigenvalue weighted by molar-refractivity contribution is -0.125. The Hall–Kier alpha value is -0.410. The first kappa shape index (κ1) is 13.7. The molecule has 0 aromatic rings. The second-order valence-corrected chi connectivity index (χ2v) is 5.33. The van der Waals surface area contributed by atoms with Gasteiger partial charge in [0.1, 0.15) is 5.78 Å². The molecule has 0 amide bonds. The Labute approximate surface area is 99.8 Å². The highest BCUT2D eigenvalue weighted by atomic mass is 16.1. The van der Waals surface area contributed by atoms with Crippen LogP contribution in [0.4, 0.5) is 0 Å². The second kappa shape index (κ2) is 7.02. The molecule has 1 fully saturated rings. The van der Waals surface area contributed by atoms with Crippen molar-refractivity contribution in [2.24, 2.45) is 5.92 Å². The van der Waals surface area contributed by atoms with Crippen LogP contribution in [-0.2, 0) is 4.79 Å². The summed E-state index contributed by atoms with van der Waals surface area (Å²) in [5, 5.41) is 0. The van der Waals surface area contributed by atoms with E-state index in [-0.39, 0.29) is 0 Å². The van der Waals surface area contributed by atoms with Crippen LogP contribution < -0.4 is 0 Å². The summed E-state index contributed by atoms with van der Waals surface area (Å²) in [5.74, 6) is 0.809. The minimum atomic E-state index is 0.318. The van der Waals surface area contributed by atoms with Gasteiger partial charge in [-0.15, -0.1) is 0 Å². The number of Topliss-reactive ketones (excluding diaryl/α,β-unsaturated/α-hetero) is 1. The highest BCUT2D eigenvalue weighted by Crippen LogP contribution is 2.21. The molecular weight excluding hydrogens is 200 g/mol. The first-order chi connectivity index (χ1) is 7.59. The van der Waals surface area contributed by atoms with E-state index in [4.69, 9.17) is 0 Å². The summed E-state index contributed by atoms with van der Waals surface area (Å²) in [6.07, 6.45) is 5.46. The van der Waals surface area contributed by atoms with Gasteiger partial charge in [0.2, 0.25) is 0 Å². The van der Waals surface area contributed by atoms with Crippen LogP contribution in [0.2, 0.25) is 0 Å². The molecule has 3 nitrogen and oxygen atoms in total. The van der Waals surface area contributed by atoms with Crippen molar-refractivity contribution >= 4 is 5.78 Å². The van der Waals surface area contributed by atoms with Crippen molar-refractivity contribution in [2.45, 2.75) is 32.1 Å². The van der Waals surface area contributed by atoms with Gasteiger partial charge >= 0.3 is 0 Å².